The first-order valence-corrected chi connectivity index (χ1v) is 10.1. The average Bonchev–Trinajstić information content (AvgIpc) is 3.09. The van der Waals surface area contributed by atoms with E-state index in [2.05, 4.69) is 17.4 Å². The average molecular weight is 366 g/mol. The minimum atomic E-state index is 0.0432. The molecule has 2 aromatic carbocycles. The van der Waals surface area contributed by atoms with Gasteiger partial charge in [-0.25, -0.2) is 0 Å². The van der Waals surface area contributed by atoms with E-state index in [1.165, 1.54) is 10.5 Å². The van der Waals surface area contributed by atoms with E-state index in [0.29, 0.717) is 12.8 Å². The fourth-order valence-electron chi connectivity index (χ4n) is 3.64. The Bertz CT molecular complexity index is 819. The number of amides is 2. The molecule has 1 atom stereocenters. The third kappa shape index (κ3) is 3.63. The quantitative estimate of drug-likeness (QED) is 0.897. The van der Waals surface area contributed by atoms with E-state index in [0.717, 1.165) is 36.4 Å². The second-order valence-electron chi connectivity index (χ2n) is 6.79. The highest BCUT2D eigenvalue weighted by Gasteiger charge is 2.23. The molecular formula is C21H22N2O2S. The van der Waals surface area contributed by atoms with Crippen LogP contribution >= 0.6 is 11.8 Å². The van der Waals surface area contributed by atoms with Crippen molar-refractivity contribution >= 4 is 29.3 Å². The Balaban J connectivity index is 1.39. The number of rotatable bonds is 4. The van der Waals surface area contributed by atoms with E-state index < -0.39 is 0 Å². The Morgan fingerprint density at radius 1 is 1.15 bits per heavy atom. The molecule has 1 fully saturated rings. The topological polar surface area (TPSA) is 49.4 Å². The highest BCUT2D eigenvalue weighted by Crippen LogP contribution is 2.35. The maximum atomic E-state index is 12.5. The first kappa shape index (κ1) is 17.2. The highest BCUT2D eigenvalue weighted by atomic mass is 32.2. The second kappa shape index (κ2) is 7.54. The molecule has 1 saturated heterocycles. The number of benzene rings is 2. The van der Waals surface area contributed by atoms with E-state index in [1.54, 1.807) is 0 Å². The maximum Gasteiger partial charge on any atom is 0.227 e. The van der Waals surface area contributed by atoms with Gasteiger partial charge in [0.25, 0.3) is 0 Å². The summed E-state index contributed by atoms with van der Waals surface area (Å²) in [4.78, 5) is 27.4. The summed E-state index contributed by atoms with van der Waals surface area (Å²) in [5.74, 6) is 1.26. The van der Waals surface area contributed by atoms with Gasteiger partial charge in [-0.2, -0.15) is 0 Å². The Hall–Kier alpha value is -2.27. The number of anilines is 1. The lowest BCUT2D eigenvalue weighted by molar-refractivity contribution is -0.121. The van der Waals surface area contributed by atoms with Gasteiger partial charge in [0.1, 0.15) is 0 Å². The normalized spacial score (nSPS) is 19.3. The minimum absolute atomic E-state index is 0.0432. The Morgan fingerprint density at radius 2 is 1.96 bits per heavy atom. The van der Waals surface area contributed by atoms with Crippen molar-refractivity contribution in [3.8, 4) is 0 Å². The zero-order valence-corrected chi connectivity index (χ0v) is 15.4. The van der Waals surface area contributed by atoms with Crippen LogP contribution in [0, 0.1) is 0 Å². The van der Waals surface area contributed by atoms with E-state index in [4.69, 9.17) is 0 Å². The maximum absolute atomic E-state index is 12.5. The van der Waals surface area contributed by atoms with Crippen molar-refractivity contribution < 1.29 is 9.59 Å². The number of carbonyl (C=O) groups is 2. The molecule has 4 nitrogen and oxygen atoms in total. The highest BCUT2D eigenvalue weighted by molar-refractivity contribution is 7.99. The molecule has 26 heavy (non-hydrogen) atoms. The number of nitrogens with zero attached hydrogens (tertiary/aromatic N) is 1. The summed E-state index contributed by atoms with van der Waals surface area (Å²) in [5, 5.41) is 3.18. The van der Waals surface area contributed by atoms with E-state index in [9.17, 15) is 9.59 Å². The van der Waals surface area contributed by atoms with Crippen molar-refractivity contribution in [1.29, 1.82) is 0 Å². The van der Waals surface area contributed by atoms with Crippen LogP contribution < -0.4 is 10.2 Å². The summed E-state index contributed by atoms with van der Waals surface area (Å²) in [7, 11) is 0. The first-order valence-electron chi connectivity index (χ1n) is 9.11. The lowest BCUT2D eigenvalue weighted by Gasteiger charge is -2.26. The molecule has 134 valence electrons. The van der Waals surface area contributed by atoms with Crippen LogP contribution in [0.25, 0.3) is 0 Å². The van der Waals surface area contributed by atoms with Crippen LogP contribution in [0.4, 0.5) is 5.69 Å². The van der Waals surface area contributed by atoms with Crippen molar-refractivity contribution in [2.45, 2.75) is 36.6 Å². The summed E-state index contributed by atoms with van der Waals surface area (Å²) >= 11 is 1.85. The molecular weight excluding hydrogens is 344 g/mol. The van der Waals surface area contributed by atoms with Crippen LogP contribution in [0.2, 0.25) is 0 Å². The third-order valence-corrected chi connectivity index (χ3v) is 6.10. The van der Waals surface area contributed by atoms with Crippen LogP contribution in [-0.4, -0.2) is 24.1 Å². The molecule has 2 amide bonds. The number of nitrogens with one attached hydrogen (secondary N) is 1. The fraction of sp³-hybridized carbons (Fsp3) is 0.333. The molecule has 1 N–H and O–H groups in total. The Morgan fingerprint density at radius 3 is 2.73 bits per heavy atom. The molecule has 0 radical (unpaired) electrons. The molecule has 0 spiro atoms. The van der Waals surface area contributed by atoms with Crippen LogP contribution in [0.5, 0.6) is 0 Å². The number of thioether (sulfide) groups is 1. The van der Waals surface area contributed by atoms with Gasteiger partial charge in [0, 0.05) is 29.3 Å². The molecule has 2 heterocycles. The van der Waals surface area contributed by atoms with Gasteiger partial charge < -0.3 is 10.2 Å². The fourth-order valence-corrected chi connectivity index (χ4v) is 4.76. The van der Waals surface area contributed by atoms with Crippen molar-refractivity contribution in [3.63, 3.8) is 0 Å². The van der Waals surface area contributed by atoms with E-state index in [1.807, 2.05) is 53.1 Å². The first-order chi connectivity index (χ1) is 12.7. The summed E-state index contributed by atoms with van der Waals surface area (Å²) in [6.45, 7) is 0.789. The van der Waals surface area contributed by atoms with Gasteiger partial charge in [-0.05, 0) is 42.2 Å². The van der Waals surface area contributed by atoms with Crippen molar-refractivity contribution in [2.24, 2.45) is 0 Å². The molecule has 1 unspecified atom stereocenters. The van der Waals surface area contributed by atoms with Crippen LogP contribution in [0.3, 0.4) is 0 Å². The summed E-state index contributed by atoms with van der Waals surface area (Å²) in [6.07, 6.45) is 2.87. The third-order valence-electron chi connectivity index (χ3n) is 4.98. The van der Waals surface area contributed by atoms with E-state index in [-0.39, 0.29) is 17.9 Å². The predicted octanol–water partition coefficient (Wildman–Crippen LogP) is 3.71. The molecule has 4 rings (SSSR count). The molecule has 2 aliphatic heterocycles. The van der Waals surface area contributed by atoms with Crippen LogP contribution in [-0.2, 0) is 16.0 Å². The van der Waals surface area contributed by atoms with Gasteiger partial charge in [0.05, 0.1) is 12.5 Å². The molecule has 0 aromatic heterocycles. The van der Waals surface area contributed by atoms with Crippen molar-refractivity contribution in [2.75, 3.05) is 17.2 Å². The zero-order valence-electron chi connectivity index (χ0n) is 14.6. The summed E-state index contributed by atoms with van der Waals surface area (Å²) < 4.78 is 0. The Kier molecular flexibility index (Phi) is 4.98. The number of carbonyl (C=O) groups excluding carboxylic acids is 2. The van der Waals surface area contributed by atoms with Crippen LogP contribution in [0.15, 0.2) is 53.4 Å². The summed E-state index contributed by atoms with van der Waals surface area (Å²) in [5.41, 5.74) is 3.12. The van der Waals surface area contributed by atoms with Crippen LogP contribution in [0.1, 0.15) is 36.4 Å². The smallest absolute Gasteiger partial charge is 0.227 e. The molecule has 0 saturated carbocycles. The molecule has 0 aliphatic carbocycles. The molecule has 2 aliphatic rings. The van der Waals surface area contributed by atoms with Gasteiger partial charge in [-0.3, -0.25) is 9.59 Å². The minimum Gasteiger partial charge on any atom is -0.349 e. The second-order valence-corrected chi connectivity index (χ2v) is 7.92. The van der Waals surface area contributed by atoms with Gasteiger partial charge in [-0.1, -0.05) is 30.3 Å². The molecule has 2 aromatic rings. The summed E-state index contributed by atoms with van der Waals surface area (Å²) in [6, 6.07) is 16.2. The largest absolute Gasteiger partial charge is 0.349 e. The number of fused-ring (bicyclic) bond motifs is 1. The molecule has 5 heteroatoms. The lowest BCUT2D eigenvalue weighted by Crippen LogP contribution is -2.31. The lowest BCUT2D eigenvalue weighted by atomic mass is 10.0. The van der Waals surface area contributed by atoms with E-state index >= 15 is 0 Å². The predicted molar refractivity (Wildman–Crippen MR) is 104 cm³/mol. The SMILES string of the molecule is O=C(Cc1ccc(N2CCCC2=O)cc1)NC1CCSc2ccccc21. The zero-order chi connectivity index (χ0) is 17.9. The van der Waals surface area contributed by atoms with Crippen molar-refractivity contribution in [1.82, 2.24) is 5.32 Å². The number of hydrogen-bond donors (Lipinski definition) is 1. The number of hydrogen-bond acceptors (Lipinski definition) is 3. The standard InChI is InChI=1S/C21H22N2O2S/c24-20(22-18-11-13-26-19-5-2-1-4-17(18)19)14-15-7-9-16(10-8-15)23-12-3-6-21(23)25/h1-2,4-5,7-10,18H,3,6,11-14H2,(H,22,24). The van der Waals surface area contributed by atoms with Gasteiger partial charge in [0.15, 0.2) is 0 Å². The van der Waals surface area contributed by atoms with Gasteiger partial charge in [0.2, 0.25) is 11.8 Å². The monoisotopic (exact) mass is 366 g/mol. The van der Waals surface area contributed by atoms with Crippen molar-refractivity contribution in [3.05, 3.63) is 59.7 Å². The van der Waals surface area contributed by atoms with Gasteiger partial charge >= 0.3 is 0 Å². The molecule has 0 bridgehead atoms. The Labute approximate surface area is 158 Å². The van der Waals surface area contributed by atoms with Gasteiger partial charge in [-0.15, -0.1) is 11.8 Å².